The first-order valence-electron chi connectivity index (χ1n) is 7.53. The lowest BCUT2D eigenvalue weighted by Gasteiger charge is -2.35. The van der Waals surface area contributed by atoms with Gasteiger partial charge in [0.25, 0.3) is 0 Å². The maximum atomic E-state index is 12.0. The summed E-state index contributed by atoms with van der Waals surface area (Å²) >= 11 is 0. The first-order chi connectivity index (χ1) is 9.06. The number of unbranched alkanes of at least 4 members (excludes halogenated alkanes) is 2. The van der Waals surface area contributed by atoms with Crippen LogP contribution in [0.25, 0.3) is 0 Å². The molecular formula is C17H28O2. The van der Waals surface area contributed by atoms with Gasteiger partial charge in [0.1, 0.15) is 0 Å². The van der Waals surface area contributed by atoms with Crippen LogP contribution >= 0.6 is 0 Å². The summed E-state index contributed by atoms with van der Waals surface area (Å²) in [7, 11) is 0. The highest BCUT2D eigenvalue weighted by Crippen LogP contribution is 2.44. The van der Waals surface area contributed by atoms with Gasteiger partial charge in [0.15, 0.2) is 0 Å². The average molecular weight is 264 g/mol. The van der Waals surface area contributed by atoms with Crippen LogP contribution in [0.15, 0.2) is 23.8 Å². The second-order valence-corrected chi connectivity index (χ2v) is 5.76. The Morgan fingerprint density at radius 1 is 1.47 bits per heavy atom. The molecular weight excluding hydrogens is 236 g/mol. The van der Waals surface area contributed by atoms with Gasteiger partial charge in [-0.2, -0.15) is 0 Å². The minimum Gasteiger partial charge on any atom is -0.465 e. The first kappa shape index (κ1) is 16.0. The molecule has 0 aromatic rings. The fourth-order valence-corrected chi connectivity index (χ4v) is 2.89. The van der Waals surface area contributed by atoms with Crippen molar-refractivity contribution in [2.45, 2.75) is 59.8 Å². The molecule has 0 N–H and O–H groups in total. The number of hydrogen-bond acceptors (Lipinski definition) is 2. The predicted molar refractivity (Wildman–Crippen MR) is 79.9 cm³/mol. The molecule has 1 fully saturated rings. The topological polar surface area (TPSA) is 26.3 Å². The van der Waals surface area contributed by atoms with Crippen molar-refractivity contribution in [1.82, 2.24) is 0 Å². The number of carbonyl (C=O) groups is 1. The van der Waals surface area contributed by atoms with Crippen LogP contribution in [0, 0.1) is 11.3 Å². The second-order valence-electron chi connectivity index (χ2n) is 5.76. The van der Waals surface area contributed by atoms with Crippen LogP contribution < -0.4 is 0 Å². The molecule has 2 unspecified atom stereocenters. The monoisotopic (exact) mass is 264 g/mol. The molecule has 0 saturated carbocycles. The van der Waals surface area contributed by atoms with E-state index < -0.39 is 0 Å². The van der Waals surface area contributed by atoms with Crippen LogP contribution in [0.5, 0.6) is 0 Å². The Balaban J connectivity index is 2.91. The van der Waals surface area contributed by atoms with E-state index in [9.17, 15) is 4.79 Å². The van der Waals surface area contributed by atoms with E-state index in [2.05, 4.69) is 32.9 Å². The Kier molecular flexibility index (Phi) is 6.33. The largest absolute Gasteiger partial charge is 0.465 e. The molecule has 1 heterocycles. The fourth-order valence-electron chi connectivity index (χ4n) is 2.89. The molecule has 1 rings (SSSR count). The van der Waals surface area contributed by atoms with Gasteiger partial charge in [-0.3, -0.25) is 4.79 Å². The number of cyclic esters (lactones) is 1. The van der Waals surface area contributed by atoms with Crippen molar-refractivity contribution in [2.24, 2.45) is 11.3 Å². The molecule has 0 radical (unpaired) electrons. The molecule has 19 heavy (non-hydrogen) atoms. The van der Waals surface area contributed by atoms with Crippen molar-refractivity contribution < 1.29 is 9.53 Å². The maximum Gasteiger partial charge on any atom is 0.309 e. The molecule has 1 aliphatic heterocycles. The third-order valence-electron chi connectivity index (χ3n) is 4.44. The second kappa shape index (κ2) is 7.52. The Labute approximate surface area is 117 Å². The number of ether oxygens (including phenoxy) is 1. The standard InChI is InChI=1S/C17H28O2/c1-5-7-9-12-17(4,14(3)10-8-6-2)15-11-13-19-16(15)18/h6,8,10,15H,5,7,9,11-13H2,1-4H3/b8-6-,14-10+. The van der Waals surface area contributed by atoms with E-state index in [-0.39, 0.29) is 17.3 Å². The van der Waals surface area contributed by atoms with Gasteiger partial charge in [-0.15, -0.1) is 0 Å². The number of allylic oxidation sites excluding steroid dienone is 4. The first-order valence-corrected chi connectivity index (χ1v) is 7.53. The van der Waals surface area contributed by atoms with E-state index in [4.69, 9.17) is 4.74 Å². The van der Waals surface area contributed by atoms with Gasteiger partial charge < -0.3 is 4.74 Å². The van der Waals surface area contributed by atoms with Crippen molar-refractivity contribution in [1.29, 1.82) is 0 Å². The van der Waals surface area contributed by atoms with Crippen LogP contribution in [0.2, 0.25) is 0 Å². The summed E-state index contributed by atoms with van der Waals surface area (Å²) < 4.78 is 5.19. The molecule has 2 heteroatoms. The third-order valence-corrected chi connectivity index (χ3v) is 4.44. The summed E-state index contributed by atoms with van der Waals surface area (Å²) in [5.74, 6) is 0.0260. The normalized spacial score (nSPS) is 23.7. The number of carbonyl (C=O) groups excluding carboxylic acids is 1. The van der Waals surface area contributed by atoms with Gasteiger partial charge in [0.2, 0.25) is 0 Å². The van der Waals surface area contributed by atoms with E-state index in [1.165, 1.54) is 24.8 Å². The van der Waals surface area contributed by atoms with Gasteiger partial charge in [-0.1, -0.05) is 56.9 Å². The molecule has 0 amide bonds. The van der Waals surface area contributed by atoms with E-state index in [0.29, 0.717) is 6.61 Å². The predicted octanol–water partition coefficient (Wildman–Crippen LogP) is 4.66. The molecule has 0 aromatic heterocycles. The van der Waals surface area contributed by atoms with E-state index in [1.807, 2.05) is 13.0 Å². The summed E-state index contributed by atoms with van der Waals surface area (Å²) in [5.41, 5.74) is 1.24. The molecule has 2 nitrogen and oxygen atoms in total. The Morgan fingerprint density at radius 3 is 2.74 bits per heavy atom. The van der Waals surface area contributed by atoms with Crippen LogP contribution in [0.4, 0.5) is 0 Å². The SMILES string of the molecule is C/C=C\C=C(/C)C(C)(CCCCC)C1CCOC1=O. The van der Waals surface area contributed by atoms with Gasteiger partial charge in [0.05, 0.1) is 12.5 Å². The van der Waals surface area contributed by atoms with Crippen LogP contribution in [-0.4, -0.2) is 12.6 Å². The lowest BCUT2D eigenvalue weighted by atomic mass is 9.68. The van der Waals surface area contributed by atoms with Crippen molar-refractivity contribution in [3.63, 3.8) is 0 Å². The highest BCUT2D eigenvalue weighted by molar-refractivity contribution is 5.75. The minimum absolute atomic E-state index is 0.00720. The van der Waals surface area contributed by atoms with Gasteiger partial charge >= 0.3 is 5.97 Å². The van der Waals surface area contributed by atoms with Crippen molar-refractivity contribution in [3.05, 3.63) is 23.8 Å². The lowest BCUT2D eigenvalue weighted by molar-refractivity contribution is -0.143. The molecule has 2 atom stereocenters. The van der Waals surface area contributed by atoms with Crippen LogP contribution in [0.3, 0.4) is 0 Å². The van der Waals surface area contributed by atoms with Crippen molar-refractivity contribution >= 4 is 5.97 Å². The molecule has 1 saturated heterocycles. The Hall–Kier alpha value is -1.05. The average Bonchev–Trinajstić information content (AvgIpc) is 2.82. The van der Waals surface area contributed by atoms with Crippen molar-refractivity contribution in [3.8, 4) is 0 Å². The zero-order chi connectivity index (χ0) is 14.3. The number of esters is 1. The molecule has 108 valence electrons. The summed E-state index contributed by atoms with van der Waals surface area (Å²) in [4.78, 5) is 12.0. The third kappa shape index (κ3) is 3.95. The van der Waals surface area contributed by atoms with Crippen LogP contribution in [0.1, 0.15) is 59.8 Å². The molecule has 0 aliphatic carbocycles. The van der Waals surface area contributed by atoms with Crippen molar-refractivity contribution in [2.75, 3.05) is 6.61 Å². The fraction of sp³-hybridized carbons (Fsp3) is 0.706. The summed E-state index contributed by atoms with van der Waals surface area (Å²) in [6.07, 6.45) is 11.8. The maximum absolute atomic E-state index is 12.0. The van der Waals surface area contributed by atoms with Crippen LogP contribution in [-0.2, 0) is 9.53 Å². The number of rotatable bonds is 7. The summed E-state index contributed by atoms with van der Waals surface area (Å²) in [5, 5.41) is 0. The van der Waals surface area contributed by atoms with E-state index in [1.54, 1.807) is 0 Å². The highest BCUT2D eigenvalue weighted by atomic mass is 16.5. The van der Waals surface area contributed by atoms with Gasteiger partial charge in [0, 0.05) is 5.41 Å². The highest BCUT2D eigenvalue weighted by Gasteiger charge is 2.43. The van der Waals surface area contributed by atoms with E-state index in [0.717, 1.165) is 12.8 Å². The molecule has 0 spiro atoms. The summed E-state index contributed by atoms with van der Waals surface area (Å²) in [6, 6.07) is 0. The lowest BCUT2D eigenvalue weighted by Crippen LogP contribution is -2.32. The summed E-state index contributed by atoms with van der Waals surface area (Å²) in [6.45, 7) is 9.20. The van der Waals surface area contributed by atoms with E-state index >= 15 is 0 Å². The molecule has 0 bridgehead atoms. The Bertz CT molecular complexity index is 354. The molecule has 0 aromatic carbocycles. The minimum atomic E-state index is -0.0533. The van der Waals surface area contributed by atoms with Gasteiger partial charge in [-0.05, 0) is 26.7 Å². The smallest absolute Gasteiger partial charge is 0.309 e. The Morgan fingerprint density at radius 2 is 2.21 bits per heavy atom. The molecule has 1 aliphatic rings. The quantitative estimate of drug-likeness (QED) is 0.380. The zero-order valence-corrected chi connectivity index (χ0v) is 12.9. The zero-order valence-electron chi connectivity index (χ0n) is 12.9. The number of hydrogen-bond donors (Lipinski definition) is 0. The van der Waals surface area contributed by atoms with Gasteiger partial charge in [-0.25, -0.2) is 0 Å².